The van der Waals surface area contributed by atoms with Gasteiger partial charge in [-0.15, -0.1) is 0 Å². The zero-order chi connectivity index (χ0) is 22.6. The number of methoxy groups -OCH3 is 1. The van der Waals surface area contributed by atoms with Crippen LogP contribution < -0.4 is 15.4 Å². The standard InChI is InChI=1S/C21H21F4N3O3/c1-31-18-8-7-15(11-16(18)22)26-20(30)27-17(12-28-9-3-6-19(28)29)13-4-2-5-14(10-13)21(23,24)25/h2,4-5,7-8,10-11,17H,3,6,9,12H2,1H3,(H2,26,27,30)/t17-/m1/s1. The number of ether oxygens (including phenoxy) is 1. The van der Waals surface area contributed by atoms with E-state index in [-0.39, 0.29) is 29.5 Å². The molecule has 2 N–H and O–H groups in total. The largest absolute Gasteiger partial charge is 0.494 e. The fourth-order valence-corrected chi connectivity index (χ4v) is 3.35. The van der Waals surface area contributed by atoms with Crippen LogP contribution in [-0.4, -0.2) is 37.0 Å². The van der Waals surface area contributed by atoms with Crippen LogP contribution in [0.1, 0.15) is 30.0 Å². The molecule has 0 spiro atoms. The van der Waals surface area contributed by atoms with Crippen LogP contribution in [0.15, 0.2) is 42.5 Å². The monoisotopic (exact) mass is 439 g/mol. The van der Waals surface area contributed by atoms with Gasteiger partial charge in [-0.1, -0.05) is 12.1 Å². The molecular weight excluding hydrogens is 418 g/mol. The highest BCUT2D eigenvalue weighted by Crippen LogP contribution is 2.31. The lowest BCUT2D eigenvalue weighted by atomic mass is 10.0. The highest BCUT2D eigenvalue weighted by atomic mass is 19.4. The van der Waals surface area contributed by atoms with Gasteiger partial charge in [0.25, 0.3) is 0 Å². The molecule has 0 bridgehead atoms. The number of carbonyl (C=O) groups excluding carboxylic acids is 2. The van der Waals surface area contributed by atoms with Crippen molar-refractivity contribution in [2.45, 2.75) is 25.1 Å². The minimum atomic E-state index is -4.55. The van der Waals surface area contributed by atoms with Crippen LogP contribution in [0.25, 0.3) is 0 Å². The molecule has 0 saturated carbocycles. The third-order valence-corrected chi connectivity index (χ3v) is 4.91. The molecule has 31 heavy (non-hydrogen) atoms. The van der Waals surface area contributed by atoms with E-state index >= 15 is 0 Å². The van der Waals surface area contributed by atoms with E-state index in [0.717, 1.165) is 18.2 Å². The van der Waals surface area contributed by atoms with Crippen LogP contribution in [0.5, 0.6) is 5.75 Å². The van der Waals surface area contributed by atoms with E-state index in [1.54, 1.807) is 0 Å². The lowest BCUT2D eigenvalue weighted by Gasteiger charge is -2.26. The molecule has 0 radical (unpaired) electrons. The summed E-state index contributed by atoms with van der Waals surface area (Å²) in [6, 6.07) is 6.74. The van der Waals surface area contributed by atoms with E-state index in [4.69, 9.17) is 4.74 Å². The summed E-state index contributed by atoms with van der Waals surface area (Å²) in [7, 11) is 1.30. The Kier molecular flexibility index (Phi) is 6.67. The van der Waals surface area contributed by atoms with Crippen LogP contribution in [0.4, 0.5) is 28.0 Å². The number of urea groups is 1. The molecule has 1 atom stereocenters. The first-order valence-corrected chi connectivity index (χ1v) is 9.53. The van der Waals surface area contributed by atoms with Gasteiger partial charge in [-0.05, 0) is 36.2 Å². The third-order valence-electron chi connectivity index (χ3n) is 4.91. The molecule has 0 unspecified atom stereocenters. The summed E-state index contributed by atoms with van der Waals surface area (Å²) in [6.07, 6.45) is -3.55. The Hall–Kier alpha value is -3.30. The predicted molar refractivity (Wildman–Crippen MR) is 105 cm³/mol. The molecule has 10 heteroatoms. The zero-order valence-corrected chi connectivity index (χ0v) is 16.6. The van der Waals surface area contributed by atoms with Crippen molar-refractivity contribution >= 4 is 17.6 Å². The highest BCUT2D eigenvalue weighted by molar-refractivity contribution is 5.89. The lowest BCUT2D eigenvalue weighted by molar-refractivity contribution is -0.137. The molecule has 0 aromatic heterocycles. The molecule has 0 aliphatic carbocycles. The van der Waals surface area contributed by atoms with Crippen LogP contribution in [0.3, 0.4) is 0 Å². The number of anilines is 1. The number of carbonyl (C=O) groups is 2. The van der Waals surface area contributed by atoms with E-state index in [1.165, 1.54) is 36.3 Å². The van der Waals surface area contributed by atoms with E-state index < -0.39 is 29.6 Å². The molecule has 2 aromatic rings. The van der Waals surface area contributed by atoms with Crippen molar-refractivity contribution in [1.29, 1.82) is 0 Å². The fourth-order valence-electron chi connectivity index (χ4n) is 3.35. The maximum atomic E-state index is 13.9. The van der Waals surface area contributed by atoms with Crippen molar-refractivity contribution in [3.8, 4) is 5.75 Å². The van der Waals surface area contributed by atoms with Gasteiger partial charge in [0.15, 0.2) is 11.6 Å². The minimum Gasteiger partial charge on any atom is -0.494 e. The zero-order valence-electron chi connectivity index (χ0n) is 16.6. The first kappa shape index (κ1) is 22.4. The number of hydrogen-bond acceptors (Lipinski definition) is 3. The second-order valence-corrected chi connectivity index (χ2v) is 7.07. The van der Waals surface area contributed by atoms with E-state index in [1.807, 2.05) is 0 Å². The molecule has 1 aliphatic heterocycles. The normalized spacial score (nSPS) is 15.0. The van der Waals surface area contributed by atoms with Gasteiger partial charge < -0.3 is 20.3 Å². The number of rotatable bonds is 6. The summed E-state index contributed by atoms with van der Waals surface area (Å²) in [5.41, 5.74) is -0.524. The third kappa shape index (κ3) is 5.65. The number of amides is 3. The van der Waals surface area contributed by atoms with E-state index in [0.29, 0.717) is 19.4 Å². The van der Waals surface area contributed by atoms with Crippen LogP contribution in [-0.2, 0) is 11.0 Å². The maximum Gasteiger partial charge on any atom is 0.416 e. The van der Waals surface area contributed by atoms with E-state index in [2.05, 4.69) is 10.6 Å². The summed E-state index contributed by atoms with van der Waals surface area (Å²) >= 11 is 0. The summed E-state index contributed by atoms with van der Waals surface area (Å²) in [5.74, 6) is -0.811. The maximum absolute atomic E-state index is 13.9. The second kappa shape index (κ2) is 9.23. The summed E-state index contributed by atoms with van der Waals surface area (Å²) in [6.45, 7) is 0.478. The number of nitrogens with zero attached hydrogens (tertiary/aromatic N) is 1. The van der Waals surface area contributed by atoms with E-state index in [9.17, 15) is 27.2 Å². The van der Waals surface area contributed by atoms with Crippen LogP contribution in [0.2, 0.25) is 0 Å². The van der Waals surface area contributed by atoms with Crippen molar-refractivity contribution < 1.29 is 31.9 Å². The molecule has 1 fully saturated rings. The molecule has 3 amide bonds. The lowest BCUT2D eigenvalue weighted by Crippen LogP contribution is -2.40. The van der Waals surface area contributed by atoms with Gasteiger partial charge in [-0.3, -0.25) is 4.79 Å². The Balaban J connectivity index is 1.80. The molecule has 6 nitrogen and oxygen atoms in total. The number of likely N-dealkylation sites (tertiary alicyclic amines) is 1. The topological polar surface area (TPSA) is 70.7 Å². The van der Waals surface area contributed by atoms with Gasteiger partial charge in [0.05, 0.1) is 18.7 Å². The summed E-state index contributed by atoms with van der Waals surface area (Å²) in [5, 5.41) is 5.03. The summed E-state index contributed by atoms with van der Waals surface area (Å²) in [4.78, 5) is 26.0. The number of alkyl halides is 3. The molecule has 166 valence electrons. The van der Waals surface area contributed by atoms with Gasteiger partial charge in [0, 0.05) is 31.3 Å². The van der Waals surface area contributed by atoms with Crippen LogP contribution >= 0.6 is 0 Å². The molecule has 3 rings (SSSR count). The number of nitrogens with one attached hydrogen (secondary N) is 2. The molecule has 2 aromatic carbocycles. The molecule has 1 saturated heterocycles. The van der Waals surface area contributed by atoms with Gasteiger partial charge in [0.1, 0.15) is 0 Å². The Labute approximate surface area is 176 Å². The Morgan fingerprint density at radius 2 is 2.00 bits per heavy atom. The quantitative estimate of drug-likeness (QED) is 0.658. The summed E-state index contributed by atoms with van der Waals surface area (Å²) < 4.78 is 58.1. The molecule has 1 aliphatic rings. The Bertz CT molecular complexity index is 965. The van der Waals surface area contributed by atoms with Gasteiger partial charge in [0.2, 0.25) is 5.91 Å². The first-order chi connectivity index (χ1) is 14.7. The number of benzene rings is 2. The van der Waals surface area contributed by atoms with Crippen LogP contribution in [0, 0.1) is 5.82 Å². The van der Waals surface area contributed by atoms with Crippen molar-refractivity contribution in [3.63, 3.8) is 0 Å². The smallest absolute Gasteiger partial charge is 0.416 e. The highest BCUT2D eigenvalue weighted by Gasteiger charge is 2.32. The van der Waals surface area contributed by atoms with Gasteiger partial charge in [-0.2, -0.15) is 13.2 Å². The predicted octanol–water partition coefficient (Wildman–Crippen LogP) is 4.34. The Morgan fingerprint density at radius 1 is 1.23 bits per heavy atom. The van der Waals surface area contributed by atoms with Crippen molar-refractivity contribution in [2.24, 2.45) is 0 Å². The second-order valence-electron chi connectivity index (χ2n) is 7.07. The number of halogens is 4. The van der Waals surface area contributed by atoms with Gasteiger partial charge in [-0.25, -0.2) is 9.18 Å². The fraction of sp³-hybridized carbons (Fsp3) is 0.333. The Morgan fingerprint density at radius 3 is 2.61 bits per heavy atom. The van der Waals surface area contributed by atoms with Crippen molar-refractivity contribution in [1.82, 2.24) is 10.2 Å². The molecular formula is C21H21F4N3O3. The first-order valence-electron chi connectivity index (χ1n) is 9.53. The van der Waals surface area contributed by atoms with Crippen molar-refractivity contribution in [3.05, 3.63) is 59.4 Å². The minimum absolute atomic E-state index is 0.000320. The average Bonchev–Trinajstić information content (AvgIpc) is 3.11. The number of hydrogen-bond donors (Lipinski definition) is 2. The van der Waals surface area contributed by atoms with Crippen molar-refractivity contribution in [2.75, 3.05) is 25.5 Å². The SMILES string of the molecule is COc1ccc(NC(=O)N[C@H](CN2CCCC2=O)c2cccc(C(F)(F)F)c2)cc1F. The van der Waals surface area contributed by atoms with Gasteiger partial charge >= 0.3 is 12.2 Å². The average molecular weight is 439 g/mol. The molecule has 1 heterocycles.